The van der Waals surface area contributed by atoms with E-state index in [1.807, 2.05) is 19.1 Å². The van der Waals surface area contributed by atoms with Gasteiger partial charge in [0.05, 0.1) is 18.8 Å². The minimum Gasteiger partial charge on any atom is -0.392 e. The molecule has 1 fully saturated rings. The minimum absolute atomic E-state index is 0.0123. The zero-order chi connectivity index (χ0) is 30.0. The normalized spacial score (nSPS) is 18.7. The Labute approximate surface area is 244 Å². The maximum Gasteiger partial charge on any atom is 0.261 e. The van der Waals surface area contributed by atoms with Gasteiger partial charge in [0.15, 0.2) is 33.9 Å². The van der Waals surface area contributed by atoms with Crippen LogP contribution in [-0.2, 0) is 16.1 Å². The van der Waals surface area contributed by atoms with Gasteiger partial charge in [0.2, 0.25) is 5.82 Å². The number of anilines is 1. The summed E-state index contributed by atoms with van der Waals surface area (Å²) in [6, 6.07) is 13.2. The number of hydrogen-bond acceptors (Lipinski definition) is 8. The summed E-state index contributed by atoms with van der Waals surface area (Å²) in [5, 5.41) is 20.6. The van der Waals surface area contributed by atoms with E-state index in [9.17, 15) is 31.9 Å². The molecule has 1 aliphatic heterocycles. The maximum atomic E-state index is 14.2. The lowest BCUT2D eigenvalue weighted by Gasteiger charge is -2.36. The van der Waals surface area contributed by atoms with Crippen LogP contribution in [0, 0.1) is 36.0 Å². The number of carbonyl (C=O) groups is 1. The van der Waals surface area contributed by atoms with Crippen LogP contribution in [0.2, 0.25) is 0 Å². The SMILES string of the molecule is Cc1nnc(SC[C@@H]2C[C@H](c3ccc(CO)cc3)O[C@H](c3cccc(NC(=O)c4c(F)c(F)c(F)c(F)c4F)c3)O2)s1. The van der Waals surface area contributed by atoms with E-state index in [-0.39, 0.29) is 18.4 Å². The van der Waals surface area contributed by atoms with E-state index in [2.05, 4.69) is 15.5 Å². The molecule has 1 saturated heterocycles. The quantitative estimate of drug-likeness (QED) is 0.0986. The highest BCUT2D eigenvalue weighted by Crippen LogP contribution is 2.40. The number of carbonyl (C=O) groups excluding carboxylic acids is 1. The van der Waals surface area contributed by atoms with Crippen LogP contribution < -0.4 is 5.32 Å². The monoisotopic (exact) mass is 623 g/mol. The number of nitrogens with one attached hydrogen (secondary N) is 1. The van der Waals surface area contributed by atoms with Crippen molar-refractivity contribution in [1.82, 2.24) is 10.2 Å². The molecule has 0 radical (unpaired) electrons. The average Bonchev–Trinajstić information content (AvgIpc) is 3.43. The predicted octanol–water partition coefficient (Wildman–Crippen LogP) is 6.62. The van der Waals surface area contributed by atoms with Gasteiger partial charge in [0.25, 0.3) is 5.91 Å². The number of amides is 1. The number of aliphatic hydroxyl groups excluding tert-OH is 1. The fourth-order valence-electron chi connectivity index (χ4n) is 4.28. The smallest absolute Gasteiger partial charge is 0.261 e. The first-order valence-electron chi connectivity index (χ1n) is 12.5. The van der Waals surface area contributed by atoms with Crippen LogP contribution in [0.4, 0.5) is 27.6 Å². The summed E-state index contributed by atoms with van der Waals surface area (Å²) < 4.78 is 82.3. The largest absolute Gasteiger partial charge is 0.392 e. The molecule has 1 amide bonds. The second-order valence-electron chi connectivity index (χ2n) is 9.27. The zero-order valence-electron chi connectivity index (χ0n) is 21.7. The Morgan fingerprint density at radius 3 is 2.31 bits per heavy atom. The molecule has 0 aliphatic carbocycles. The summed E-state index contributed by atoms with van der Waals surface area (Å²) in [5.74, 6) is -12.3. The molecule has 220 valence electrons. The highest BCUT2D eigenvalue weighted by molar-refractivity contribution is 8.01. The van der Waals surface area contributed by atoms with Crippen molar-refractivity contribution in [2.45, 2.75) is 42.8 Å². The number of aryl methyl sites for hydroxylation is 1. The Bertz CT molecular complexity index is 1580. The Morgan fingerprint density at radius 2 is 1.67 bits per heavy atom. The third-order valence-electron chi connectivity index (χ3n) is 6.37. The summed E-state index contributed by atoms with van der Waals surface area (Å²) in [5.41, 5.74) is 0.427. The minimum atomic E-state index is -2.36. The van der Waals surface area contributed by atoms with E-state index >= 15 is 0 Å². The molecular weight excluding hydrogens is 601 g/mol. The van der Waals surface area contributed by atoms with Crippen LogP contribution in [0.15, 0.2) is 52.9 Å². The summed E-state index contributed by atoms with van der Waals surface area (Å²) in [6.07, 6.45) is -1.16. The number of ether oxygens (including phenoxy) is 2. The number of thioether (sulfide) groups is 1. The number of nitrogens with zero attached hydrogens (tertiary/aromatic N) is 2. The molecule has 42 heavy (non-hydrogen) atoms. The topological polar surface area (TPSA) is 93.6 Å². The Hall–Kier alpha value is -3.43. The first-order chi connectivity index (χ1) is 20.1. The highest BCUT2D eigenvalue weighted by atomic mass is 32.2. The molecule has 3 aromatic carbocycles. The average molecular weight is 624 g/mol. The van der Waals surface area contributed by atoms with Crippen LogP contribution in [-0.4, -0.2) is 33.1 Å². The maximum absolute atomic E-state index is 14.2. The molecule has 14 heteroatoms. The van der Waals surface area contributed by atoms with E-state index in [0.717, 1.165) is 20.5 Å². The highest BCUT2D eigenvalue weighted by Gasteiger charge is 2.33. The molecular formula is C28H22F5N3O4S2. The first-order valence-corrected chi connectivity index (χ1v) is 14.3. The van der Waals surface area contributed by atoms with E-state index < -0.39 is 53.0 Å². The van der Waals surface area contributed by atoms with Crippen LogP contribution in [0.5, 0.6) is 0 Å². The van der Waals surface area contributed by atoms with Gasteiger partial charge in [0.1, 0.15) is 10.6 Å². The van der Waals surface area contributed by atoms with Crippen molar-refractivity contribution in [2.24, 2.45) is 0 Å². The lowest BCUT2D eigenvalue weighted by molar-refractivity contribution is -0.245. The molecule has 3 atom stereocenters. The van der Waals surface area contributed by atoms with Crippen molar-refractivity contribution in [3.63, 3.8) is 0 Å². The van der Waals surface area contributed by atoms with Gasteiger partial charge in [-0.05, 0) is 30.2 Å². The third-order valence-corrected chi connectivity index (χ3v) is 8.47. The van der Waals surface area contributed by atoms with Crippen molar-refractivity contribution >= 4 is 34.7 Å². The fourth-order valence-corrected chi connectivity index (χ4v) is 6.14. The van der Waals surface area contributed by atoms with Crippen molar-refractivity contribution < 1.29 is 41.3 Å². The summed E-state index contributed by atoms with van der Waals surface area (Å²) >= 11 is 2.93. The summed E-state index contributed by atoms with van der Waals surface area (Å²) in [7, 11) is 0. The Balaban J connectivity index is 1.38. The number of hydrogen-bond donors (Lipinski definition) is 2. The molecule has 0 bridgehead atoms. The third kappa shape index (κ3) is 6.47. The number of rotatable bonds is 8. The second-order valence-corrected chi connectivity index (χ2v) is 11.7. The predicted molar refractivity (Wildman–Crippen MR) is 144 cm³/mol. The van der Waals surface area contributed by atoms with Gasteiger partial charge in [-0.1, -0.05) is 59.5 Å². The number of aliphatic hydroxyl groups is 1. The van der Waals surface area contributed by atoms with E-state index in [1.165, 1.54) is 41.3 Å². The van der Waals surface area contributed by atoms with Gasteiger partial charge in [0, 0.05) is 23.4 Å². The first kappa shape index (κ1) is 30.0. The van der Waals surface area contributed by atoms with Crippen LogP contribution in [0.25, 0.3) is 0 Å². The van der Waals surface area contributed by atoms with Crippen molar-refractivity contribution in [3.8, 4) is 0 Å². The molecule has 4 aromatic rings. The number of benzene rings is 3. The van der Waals surface area contributed by atoms with Gasteiger partial charge in [-0.2, -0.15) is 0 Å². The van der Waals surface area contributed by atoms with Crippen LogP contribution >= 0.6 is 23.1 Å². The Kier molecular flexibility index (Phi) is 9.18. The molecule has 5 rings (SSSR count). The zero-order valence-corrected chi connectivity index (χ0v) is 23.4. The van der Waals surface area contributed by atoms with Crippen LogP contribution in [0.1, 0.15) is 50.9 Å². The molecule has 0 unspecified atom stereocenters. The van der Waals surface area contributed by atoms with Crippen molar-refractivity contribution in [2.75, 3.05) is 11.1 Å². The molecule has 0 saturated carbocycles. The summed E-state index contributed by atoms with van der Waals surface area (Å²) in [4.78, 5) is 12.6. The molecule has 1 aromatic heterocycles. The van der Waals surface area contributed by atoms with Gasteiger partial charge in [-0.15, -0.1) is 10.2 Å². The fraction of sp³-hybridized carbons (Fsp3) is 0.250. The van der Waals surface area contributed by atoms with E-state index in [0.29, 0.717) is 17.7 Å². The standard InChI is InChI=1S/C28H22F5N3O4S2/c1-13-35-36-28(42-13)41-12-18-10-19(15-7-5-14(11-37)6-8-15)40-27(39-18)16-3-2-4-17(9-16)34-26(38)20-21(29)23(31)25(33)24(32)22(20)30/h2-9,18-19,27,37H,10-12H2,1H3,(H,34,38)/t18-,19+,27+/m0/s1. The lowest BCUT2D eigenvalue weighted by Crippen LogP contribution is -2.31. The van der Waals surface area contributed by atoms with Crippen LogP contribution in [0.3, 0.4) is 0 Å². The summed E-state index contributed by atoms with van der Waals surface area (Å²) in [6.45, 7) is 1.74. The molecule has 0 spiro atoms. The van der Waals surface area contributed by atoms with Crippen molar-refractivity contribution in [3.05, 3.63) is 105 Å². The van der Waals surface area contributed by atoms with Gasteiger partial charge < -0.3 is 19.9 Å². The number of aromatic nitrogens is 2. The molecule has 7 nitrogen and oxygen atoms in total. The number of halogens is 5. The second kappa shape index (κ2) is 12.8. The molecule has 1 aliphatic rings. The molecule has 2 heterocycles. The van der Waals surface area contributed by atoms with Gasteiger partial charge in [-0.25, -0.2) is 22.0 Å². The van der Waals surface area contributed by atoms with Crippen molar-refractivity contribution in [1.29, 1.82) is 0 Å². The van der Waals surface area contributed by atoms with E-state index in [4.69, 9.17) is 9.47 Å². The molecule has 2 N–H and O–H groups in total. The van der Waals surface area contributed by atoms with Gasteiger partial charge >= 0.3 is 0 Å². The Morgan fingerprint density at radius 1 is 0.976 bits per heavy atom. The van der Waals surface area contributed by atoms with Gasteiger partial charge in [-0.3, -0.25) is 4.79 Å². The van der Waals surface area contributed by atoms with E-state index in [1.54, 1.807) is 18.2 Å². The lowest BCUT2D eigenvalue weighted by atomic mass is 10.0.